The van der Waals surface area contributed by atoms with E-state index in [0.717, 1.165) is 13.1 Å². The number of halogens is 1. The van der Waals surface area contributed by atoms with Crippen LogP contribution in [0.25, 0.3) is 0 Å². The van der Waals surface area contributed by atoms with Crippen molar-refractivity contribution in [2.45, 2.75) is 6.92 Å². The largest absolute Gasteiger partial charge is 0.493 e. The summed E-state index contributed by atoms with van der Waals surface area (Å²) >= 11 is 3.37. The zero-order valence-electron chi connectivity index (χ0n) is 14.1. The van der Waals surface area contributed by atoms with E-state index in [2.05, 4.69) is 26.5 Å². The minimum Gasteiger partial charge on any atom is -0.493 e. The number of hydrogen-bond donors (Lipinski definition) is 1. The van der Waals surface area contributed by atoms with Crippen LogP contribution in [0.4, 0.5) is 0 Å². The molecule has 1 N–H and O–H groups in total. The van der Waals surface area contributed by atoms with Gasteiger partial charge in [0, 0.05) is 30.0 Å². The third kappa shape index (κ3) is 6.11. The standard InChI is InChI=1S/C16H20BrN3O5/c1-11(21)25-15-8-13(17)12(7-14(15)23-2)9-18-19-16(22)10-20-3-5-24-6-4-20/h7-9H,3-6,10H2,1-2H3,(H,19,22)/b18-9+. The predicted molar refractivity (Wildman–Crippen MR) is 95.0 cm³/mol. The predicted octanol–water partition coefficient (Wildman–Crippen LogP) is 1.17. The molecule has 2 rings (SSSR count). The van der Waals surface area contributed by atoms with Crippen molar-refractivity contribution >= 4 is 34.0 Å². The van der Waals surface area contributed by atoms with Crippen LogP contribution in [0.5, 0.6) is 11.5 Å². The summed E-state index contributed by atoms with van der Waals surface area (Å²) in [6.45, 7) is 4.33. The summed E-state index contributed by atoms with van der Waals surface area (Å²) in [7, 11) is 1.47. The smallest absolute Gasteiger partial charge is 0.308 e. The molecule has 1 heterocycles. The highest BCUT2D eigenvalue weighted by molar-refractivity contribution is 9.10. The van der Waals surface area contributed by atoms with Crippen molar-refractivity contribution in [3.63, 3.8) is 0 Å². The van der Waals surface area contributed by atoms with E-state index in [1.807, 2.05) is 4.90 Å². The fraction of sp³-hybridized carbons (Fsp3) is 0.438. The maximum absolute atomic E-state index is 11.9. The Hall–Kier alpha value is -1.97. The maximum Gasteiger partial charge on any atom is 0.308 e. The van der Waals surface area contributed by atoms with Gasteiger partial charge < -0.3 is 14.2 Å². The van der Waals surface area contributed by atoms with Crippen LogP contribution in [0, 0.1) is 0 Å². The quantitative estimate of drug-likeness (QED) is 0.325. The number of nitrogens with one attached hydrogen (secondary N) is 1. The van der Waals surface area contributed by atoms with E-state index < -0.39 is 5.97 Å². The summed E-state index contributed by atoms with van der Waals surface area (Å²) in [6.07, 6.45) is 1.49. The van der Waals surface area contributed by atoms with Crippen LogP contribution in [0.15, 0.2) is 21.7 Å². The number of carbonyl (C=O) groups is 2. The Bertz CT molecular complexity index is 659. The van der Waals surface area contributed by atoms with Crippen molar-refractivity contribution in [3.05, 3.63) is 22.2 Å². The van der Waals surface area contributed by atoms with Gasteiger partial charge in [0.1, 0.15) is 0 Å². The van der Waals surface area contributed by atoms with Crippen LogP contribution in [0.1, 0.15) is 12.5 Å². The van der Waals surface area contributed by atoms with Gasteiger partial charge in [0.25, 0.3) is 5.91 Å². The average molecular weight is 414 g/mol. The van der Waals surface area contributed by atoms with Gasteiger partial charge in [-0.2, -0.15) is 5.10 Å². The number of nitrogens with zero attached hydrogens (tertiary/aromatic N) is 2. The number of rotatable bonds is 6. The van der Waals surface area contributed by atoms with Crippen molar-refractivity contribution in [3.8, 4) is 11.5 Å². The molecule has 1 saturated heterocycles. The fourth-order valence-corrected chi connectivity index (χ4v) is 2.64. The molecule has 0 unspecified atom stereocenters. The highest BCUT2D eigenvalue weighted by Gasteiger charge is 2.14. The molecule has 0 saturated carbocycles. The van der Waals surface area contributed by atoms with E-state index in [9.17, 15) is 9.59 Å². The van der Waals surface area contributed by atoms with E-state index >= 15 is 0 Å². The Kier molecular flexibility index (Phi) is 7.35. The second-order valence-electron chi connectivity index (χ2n) is 5.30. The minimum absolute atomic E-state index is 0.197. The number of ether oxygens (including phenoxy) is 3. The topological polar surface area (TPSA) is 89.5 Å². The van der Waals surface area contributed by atoms with Crippen molar-refractivity contribution in [1.29, 1.82) is 0 Å². The Morgan fingerprint density at radius 1 is 1.36 bits per heavy atom. The second kappa shape index (κ2) is 9.50. The van der Waals surface area contributed by atoms with Crippen molar-refractivity contribution in [2.75, 3.05) is 40.0 Å². The fourth-order valence-electron chi connectivity index (χ4n) is 2.22. The molecule has 8 nitrogen and oxygen atoms in total. The number of esters is 1. The lowest BCUT2D eigenvalue weighted by Gasteiger charge is -2.25. The van der Waals surface area contributed by atoms with E-state index in [1.54, 1.807) is 12.1 Å². The summed E-state index contributed by atoms with van der Waals surface area (Å²) < 4.78 is 16.2. The molecule has 0 spiro atoms. The summed E-state index contributed by atoms with van der Waals surface area (Å²) in [5, 5.41) is 3.96. The Morgan fingerprint density at radius 2 is 2.08 bits per heavy atom. The number of hydrogen-bond acceptors (Lipinski definition) is 7. The van der Waals surface area contributed by atoms with Gasteiger partial charge in [-0.15, -0.1) is 0 Å². The van der Waals surface area contributed by atoms with E-state index in [4.69, 9.17) is 14.2 Å². The third-order valence-corrected chi connectivity index (χ3v) is 4.09. The third-order valence-electron chi connectivity index (χ3n) is 3.40. The van der Waals surface area contributed by atoms with Crippen molar-refractivity contribution < 1.29 is 23.8 Å². The lowest BCUT2D eigenvalue weighted by molar-refractivity contribution is -0.132. The number of amides is 1. The van der Waals surface area contributed by atoms with Gasteiger partial charge in [0.05, 0.1) is 33.1 Å². The molecule has 1 aromatic rings. The minimum atomic E-state index is -0.443. The van der Waals surface area contributed by atoms with Crippen molar-refractivity contribution in [1.82, 2.24) is 10.3 Å². The number of benzene rings is 1. The number of hydrazone groups is 1. The molecule has 9 heteroatoms. The summed E-state index contributed by atoms with van der Waals surface area (Å²) in [5.41, 5.74) is 3.16. The molecular weight excluding hydrogens is 394 g/mol. The number of carbonyl (C=O) groups excluding carboxylic acids is 2. The van der Waals surface area contributed by atoms with Gasteiger partial charge in [0.2, 0.25) is 0 Å². The van der Waals surface area contributed by atoms with Gasteiger partial charge >= 0.3 is 5.97 Å². The van der Waals surface area contributed by atoms with Crippen LogP contribution in [0.3, 0.4) is 0 Å². The normalized spacial score (nSPS) is 15.2. The first kappa shape index (κ1) is 19.4. The Morgan fingerprint density at radius 3 is 2.72 bits per heavy atom. The first-order valence-electron chi connectivity index (χ1n) is 7.67. The van der Waals surface area contributed by atoms with Crippen LogP contribution in [-0.2, 0) is 14.3 Å². The second-order valence-corrected chi connectivity index (χ2v) is 6.15. The zero-order chi connectivity index (χ0) is 18.2. The molecule has 136 valence electrons. The molecule has 0 radical (unpaired) electrons. The molecule has 0 aromatic heterocycles. The first-order chi connectivity index (χ1) is 12.0. The number of morpholine rings is 1. The monoisotopic (exact) mass is 413 g/mol. The molecule has 1 aliphatic rings. The van der Waals surface area contributed by atoms with Crippen molar-refractivity contribution in [2.24, 2.45) is 5.10 Å². The lowest BCUT2D eigenvalue weighted by atomic mass is 10.2. The van der Waals surface area contributed by atoms with E-state index in [0.29, 0.717) is 34.7 Å². The molecule has 1 aliphatic heterocycles. The average Bonchev–Trinajstić information content (AvgIpc) is 2.57. The highest BCUT2D eigenvalue weighted by atomic mass is 79.9. The first-order valence-corrected chi connectivity index (χ1v) is 8.47. The van der Waals surface area contributed by atoms with Crippen LogP contribution in [-0.4, -0.2) is 62.9 Å². The van der Waals surface area contributed by atoms with Crippen LogP contribution < -0.4 is 14.9 Å². The molecule has 0 atom stereocenters. The molecule has 0 bridgehead atoms. The Labute approximate surface area is 154 Å². The maximum atomic E-state index is 11.9. The van der Waals surface area contributed by atoms with Crippen LogP contribution in [0.2, 0.25) is 0 Å². The van der Waals surface area contributed by atoms with E-state index in [1.165, 1.54) is 20.2 Å². The molecule has 1 fully saturated rings. The lowest BCUT2D eigenvalue weighted by Crippen LogP contribution is -2.42. The van der Waals surface area contributed by atoms with Gasteiger partial charge in [-0.05, 0) is 28.1 Å². The van der Waals surface area contributed by atoms with Gasteiger partial charge in [-0.1, -0.05) is 0 Å². The van der Waals surface area contributed by atoms with Gasteiger partial charge in [-0.25, -0.2) is 5.43 Å². The number of methoxy groups -OCH3 is 1. The molecule has 0 aliphatic carbocycles. The Balaban J connectivity index is 1.97. The molecule has 25 heavy (non-hydrogen) atoms. The molecule has 1 aromatic carbocycles. The van der Waals surface area contributed by atoms with Crippen LogP contribution >= 0.6 is 15.9 Å². The zero-order valence-corrected chi connectivity index (χ0v) is 15.7. The highest BCUT2D eigenvalue weighted by Crippen LogP contribution is 2.33. The summed E-state index contributed by atoms with van der Waals surface area (Å²) in [5.74, 6) is 0.0506. The van der Waals surface area contributed by atoms with E-state index in [-0.39, 0.29) is 12.5 Å². The molecule has 1 amide bonds. The SMILES string of the molecule is COc1cc(/C=N/NC(=O)CN2CCOCC2)c(Br)cc1OC(C)=O. The summed E-state index contributed by atoms with van der Waals surface area (Å²) in [6, 6.07) is 3.26. The summed E-state index contributed by atoms with van der Waals surface area (Å²) in [4.78, 5) is 25.0. The van der Waals surface area contributed by atoms with Gasteiger partial charge in [-0.3, -0.25) is 14.5 Å². The molecular formula is C16H20BrN3O5. The van der Waals surface area contributed by atoms with Gasteiger partial charge in [0.15, 0.2) is 11.5 Å².